The Kier molecular flexibility index (Phi) is 4.15. The fourth-order valence-electron chi connectivity index (χ4n) is 2.44. The van der Waals surface area contributed by atoms with Gasteiger partial charge in [0.15, 0.2) is 0 Å². The number of para-hydroxylation sites is 1. The van der Waals surface area contributed by atoms with E-state index < -0.39 is 5.41 Å². The Morgan fingerprint density at radius 3 is 2.57 bits per heavy atom. The Morgan fingerprint density at radius 1 is 1.33 bits per heavy atom. The number of carbonyl (C=O) groups is 2. The highest BCUT2D eigenvalue weighted by Crippen LogP contribution is 2.41. The monoisotopic (exact) mass is 285 g/mol. The van der Waals surface area contributed by atoms with E-state index >= 15 is 0 Å². The molecule has 0 aromatic heterocycles. The molecule has 1 aliphatic rings. The van der Waals surface area contributed by atoms with Crippen molar-refractivity contribution in [2.24, 2.45) is 11.3 Å². The van der Waals surface area contributed by atoms with Crippen molar-refractivity contribution in [3.63, 3.8) is 0 Å². The third-order valence-corrected chi connectivity index (χ3v) is 4.18. The van der Waals surface area contributed by atoms with Gasteiger partial charge in [0.2, 0.25) is 11.8 Å². The van der Waals surface area contributed by atoms with Crippen molar-refractivity contribution >= 4 is 17.5 Å². The van der Waals surface area contributed by atoms with E-state index in [9.17, 15) is 9.59 Å². The van der Waals surface area contributed by atoms with Gasteiger partial charge in [0, 0.05) is 12.0 Å². The lowest BCUT2D eigenvalue weighted by atomic mass is 9.78. The molecule has 4 nitrogen and oxygen atoms in total. The lowest BCUT2D eigenvalue weighted by Gasteiger charge is -2.26. The van der Waals surface area contributed by atoms with Crippen LogP contribution in [0.3, 0.4) is 0 Å². The first-order valence-electron chi connectivity index (χ1n) is 6.98. The molecule has 1 heterocycles. The van der Waals surface area contributed by atoms with E-state index in [4.69, 9.17) is 5.11 Å². The topological polar surface area (TPSA) is 57.6 Å². The Hall–Kier alpha value is -2.12. The summed E-state index contributed by atoms with van der Waals surface area (Å²) in [5, 5.41) is 8.82. The first-order chi connectivity index (χ1) is 9.91. The molecule has 1 aromatic rings. The van der Waals surface area contributed by atoms with Gasteiger partial charge in [-0.2, -0.15) is 0 Å². The molecule has 2 amide bonds. The predicted molar refractivity (Wildman–Crippen MR) is 80.5 cm³/mol. The van der Waals surface area contributed by atoms with E-state index in [2.05, 4.69) is 11.8 Å². The van der Waals surface area contributed by atoms with Crippen molar-refractivity contribution in [1.82, 2.24) is 0 Å². The molecule has 1 aromatic carbocycles. The number of nitrogens with zero attached hydrogens (tertiary/aromatic N) is 1. The quantitative estimate of drug-likeness (QED) is 0.667. The summed E-state index contributed by atoms with van der Waals surface area (Å²) in [5.74, 6) is 5.05. The fourth-order valence-corrected chi connectivity index (χ4v) is 2.44. The van der Waals surface area contributed by atoms with Crippen molar-refractivity contribution in [3.8, 4) is 11.8 Å². The Morgan fingerprint density at radius 2 is 2.00 bits per heavy atom. The van der Waals surface area contributed by atoms with Crippen LogP contribution in [-0.2, 0) is 9.59 Å². The first-order valence-corrected chi connectivity index (χ1v) is 6.98. The maximum absolute atomic E-state index is 12.7. The van der Waals surface area contributed by atoms with Gasteiger partial charge in [0.05, 0.1) is 11.1 Å². The number of imide groups is 1. The smallest absolute Gasteiger partial charge is 0.240 e. The number of aliphatic hydroxyl groups excluding tert-OH is 1. The van der Waals surface area contributed by atoms with Gasteiger partial charge in [-0.25, -0.2) is 4.90 Å². The molecule has 1 atom stereocenters. The van der Waals surface area contributed by atoms with Crippen molar-refractivity contribution < 1.29 is 14.7 Å². The van der Waals surface area contributed by atoms with E-state index in [1.54, 1.807) is 24.3 Å². The normalized spacial score (nSPS) is 21.7. The molecule has 0 spiro atoms. The summed E-state index contributed by atoms with van der Waals surface area (Å²) in [6.45, 7) is 5.47. The average molecular weight is 285 g/mol. The molecule has 0 aliphatic carbocycles. The molecule has 4 heteroatoms. The Bertz CT molecular complexity index is 639. The number of aliphatic hydroxyl groups is 1. The lowest BCUT2D eigenvalue weighted by molar-refractivity contribution is -0.126. The van der Waals surface area contributed by atoms with E-state index in [0.29, 0.717) is 11.3 Å². The number of benzene rings is 1. The number of amides is 2. The van der Waals surface area contributed by atoms with Crippen molar-refractivity contribution in [2.75, 3.05) is 11.5 Å². The molecule has 1 unspecified atom stereocenters. The number of hydrogen-bond donors (Lipinski definition) is 1. The summed E-state index contributed by atoms with van der Waals surface area (Å²) < 4.78 is 0. The van der Waals surface area contributed by atoms with Crippen LogP contribution in [0.2, 0.25) is 0 Å². The summed E-state index contributed by atoms with van der Waals surface area (Å²) in [5.41, 5.74) is 0.397. The minimum absolute atomic E-state index is 0.0784. The Labute approximate surface area is 124 Å². The first kappa shape index (κ1) is 15.3. The van der Waals surface area contributed by atoms with Gasteiger partial charge in [-0.1, -0.05) is 37.8 Å². The molecule has 1 N–H and O–H groups in total. The summed E-state index contributed by atoms with van der Waals surface area (Å²) in [4.78, 5) is 26.3. The molecular weight excluding hydrogens is 266 g/mol. The summed E-state index contributed by atoms with van der Waals surface area (Å²) in [6.07, 6.45) is 0.214. The second-order valence-corrected chi connectivity index (χ2v) is 5.76. The van der Waals surface area contributed by atoms with Crippen LogP contribution in [0.4, 0.5) is 5.69 Å². The minimum atomic E-state index is -0.672. The largest absolute Gasteiger partial charge is 0.384 e. The zero-order valence-corrected chi connectivity index (χ0v) is 12.5. The standard InChI is InChI=1S/C17H19NO3/c1-12(2)17(3)11-15(20)18(16(17)21)14-9-5-4-7-13(14)8-6-10-19/h4-5,7,9,12,19H,10-11H2,1-3H3. The molecule has 1 fully saturated rings. The van der Waals surface area contributed by atoms with Crippen LogP contribution < -0.4 is 4.90 Å². The number of carbonyl (C=O) groups excluding carboxylic acids is 2. The van der Waals surface area contributed by atoms with Crippen LogP contribution in [0.1, 0.15) is 32.8 Å². The van der Waals surface area contributed by atoms with Crippen LogP contribution in [-0.4, -0.2) is 23.5 Å². The van der Waals surface area contributed by atoms with Gasteiger partial charge in [0.25, 0.3) is 0 Å². The molecule has 1 saturated heterocycles. The molecule has 2 rings (SSSR count). The molecule has 0 bridgehead atoms. The van der Waals surface area contributed by atoms with Crippen molar-refractivity contribution in [1.29, 1.82) is 0 Å². The van der Waals surface area contributed by atoms with Crippen LogP contribution >= 0.6 is 0 Å². The van der Waals surface area contributed by atoms with Gasteiger partial charge < -0.3 is 5.11 Å². The highest BCUT2D eigenvalue weighted by Gasteiger charge is 2.50. The molecule has 0 saturated carbocycles. The summed E-state index contributed by atoms with van der Waals surface area (Å²) >= 11 is 0. The summed E-state index contributed by atoms with van der Waals surface area (Å²) in [6, 6.07) is 7.01. The average Bonchev–Trinajstić information content (AvgIpc) is 2.68. The maximum atomic E-state index is 12.7. The van der Waals surface area contributed by atoms with Crippen LogP contribution in [0.25, 0.3) is 0 Å². The van der Waals surface area contributed by atoms with Crippen LogP contribution in [0.5, 0.6) is 0 Å². The van der Waals surface area contributed by atoms with Gasteiger partial charge in [-0.3, -0.25) is 9.59 Å². The van der Waals surface area contributed by atoms with Crippen LogP contribution in [0, 0.1) is 23.2 Å². The fraction of sp³-hybridized carbons (Fsp3) is 0.412. The van der Waals surface area contributed by atoms with E-state index in [-0.39, 0.29) is 30.8 Å². The summed E-state index contributed by atoms with van der Waals surface area (Å²) in [7, 11) is 0. The maximum Gasteiger partial charge on any atom is 0.240 e. The zero-order valence-electron chi connectivity index (χ0n) is 12.5. The van der Waals surface area contributed by atoms with E-state index in [1.165, 1.54) is 4.90 Å². The predicted octanol–water partition coefficient (Wildman–Crippen LogP) is 1.96. The molecule has 21 heavy (non-hydrogen) atoms. The van der Waals surface area contributed by atoms with Gasteiger partial charge >= 0.3 is 0 Å². The second-order valence-electron chi connectivity index (χ2n) is 5.76. The number of hydrogen-bond acceptors (Lipinski definition) is 3. The SMILES string of the molecule is CC(C)C1(C)CC(=O)N(c2ccccc2C#CCO)C1=O. The third-order valence-electron chi connectivity index (χ3n) is 4.18. The van der Waals surface area contributed by atoms with Gasteiger partial charge in [0.1, 0.15) is 6.61 Å². The number of rotatable bonds is 2. The molecule has 0 radical (unpaired) electrons. The van der Waals surface area contributed by atoms with Crippen LogP contribution in [0.15, 0.2) is 24.3 Å². The van der Waals surface area contributed by atoms with E-state index in [1.807, 2.05) is 20.8 Å². The molecule has 110 valence electrons. The number of anilines is 1. The van der Waals surface area contributed by atoms with Crippen molar-refractivity contribution in [3.05, 3.63) is 29.8 Å². The lowest BCUT2D eigenvalue weighted by Crippen LogP contribution is -2.37. The van der Waals surface area contributed by atoms with E-state index in [0.717, 1.165) is 0 Å². The minimum Gasteiger partial charge on any atom is -0.384 e. The zero-order chi connectivity index (χ0) is 15.6. The third kappa shape index (κ3) is 2.57. The molecule has 1 aliphatic heterocycles. The van der Waals surface area contributed by atoms with Gasteiger partial charge in [-0.15, -0.1) is 0 Å². The second kappa shape index (κ2) is 5.71. The highest BCUT2D eigenvalue weighted by molar-refractivity contribution is 6.23. The van der Waals surface area contributed by atoms with Gasteiger partial charge in [-0.05, 0) is 25.0 Å². The molecular formula is C17H19NO3. The van der Waals surface area contributed by atoms with Crippen molar-refractivity contribution in [2.45, 2.75) is 27.2 Å². The Balaban J connectivity index is 2.48. The highest BCUT2D eigenvalue weighted by atomic mass is 16.2.